The van der Waals surface area contributed by atoms with Crippen molar-refractivity contribution in [2.45, 2.75) is 386 Å². The summed E-state index contributed by atoms with van der Waals surface area (Å²) in [6.45, 7) is 6.91. The van der Waals surface area contributed by atoms with Gasteiger partial charge in [-0.1, -0.05) is 328 Å². The summed E-state index contributed by atoms with van der Waals surface area (Å²) in [6, 6.07) is -0.885. The molecule has 0 bridgehead atoms. The molecule has 0 aliphatic heterocycles. The van der Waals surface area contributed by atoms with Gasteiger partial charge >= 0.3 is 5.97 Å². The molecular weight excluding hydrogens is 1040 g/mol. The number of allylic oxidation sites excluding steroid dienone is 3. The third-order valence-electron chi connectivity index (χ3n) is 16.6. The maximum Gasteiger partial charge on any atom is 0.306 e. The van der Waals surface area contributed by atoms with E-state index < -0.39 is 20.0 Å². The van der Waals surface area contributed by atoms with Gasteiger partial charge < -0.3 is 28.5 Å². The van der Waals surface area contributed by atoms with Crippen LogP contribution in [0.2, 0.25) is 0 Å². The molecule has 0 fully saturated rings. The van der Waals surface area contributed by atoms with Gasteiger partial charge in [0.1, 0.15) is 19.3 Å². The number of nitrogens with zero attached hydrogens (tertiary/aromatic N) is 1. The largest absolute Gasteiger partial charge is 0.756 e. The van der Waals surface area contributed by atoms with Crippen molar-refractivity contribution in [2.75, 3.05) is 40.9 Å². The van der Waals surface area contributed by atoms with Crippen LogP contribution in [0.1, 0.15) is 374 Å². The third-order valence-corrected chi connectivity index (χ3v) is 17.6. The highest BCUT2D eigenvalue weighted by Crippen LogP contribution is 2.38. The Balaban J connectivity index is 5.00. The fourth-order valence-corrected chi connectivity index (χ4v) is 11.8. The number of quaternary nitrogens is 1. The SMILES string of the molecule is CCCCCCCC/C=C/CCCCCCCCCCCC(=O)NC(COP(=O)([O-])OCC[N+](C)(C)C)C(/C=C\CCCCCCCCCCCC)OC(=O)CCCCCCCCCCCCCCCCCCCCCCCCCCC. The lowest BCUT2D eigenvalue weighted by Crippen LogP contribution is -2.47. The number of esters is 1. The minimum atomic E-state index is -4.70. The van der Waals surface area contributed by atoms with Crippen LogP contribution in [0.25, 0.3) is 0 Å². The molecule has 0 radical (unpaired) electrons. The predicted molar refractivity (Wildman–Crippen MR) is 353 cm³/mol. The van der Waals surface area contributed by atoms with E-state index >= 15 is 0 Å². The molecule has 3 unspecified atom stereocenters. The molecular formula is C72H141N2O7P. The zero-order chi connectivity index (χ0) is 60.0. The Morgan fingerprint density at radius 1 is 0.415 bits per heavy atom. The van der Waals surface area contributed by atoms with E-state index in [-0.39, 0.29) is 31.5 Å². The van der Waals surface area contributed by atoms with Gasteiger partial charge in [0.15, 0.2) is 0 Å². The number of ether oxygens (including phenoxy) is 1. The maximum atomic E-state index is 13.6. The van der Waals surface area contributed by atoms with Crippen LogP contribution in [-0.2, 0) is 27.9 Å². The molecule has 3 atom stereocenters. The van der Waals surface area contributed by atoms with E-state index in [1.54, 1.807) is 0 Å². The fraction of sp³-hybridized carbons (Fsp3) is 0.917. The lowest BCUT2D eigenvalue weighted by Gasteiger charge is -2.30. The van der Waals surface area contributed by atoms with Gasteiger partial charge in [0.2, 0.25) is 5.91 Å². The molecule has 10 heteroatoms. The van der Waals surface area contributed by atoms with Crippen molar-refractivity contribution >= 4 is 19.7 Å². The van der Waals surface area contributed by atoms with Crippen LogP contribution in [0.3, 0.4) is 0 Å². The summed E-state index contributed by atoms with van der Waals surface area (Å²) in [7, 11) is 1.20. The van der Waals surface area contributed by atoms with Crippen molar-refractivity contribution < 1.29 is 37.3 Å². The Bertz CT molecular complexity index is 1450. The van der Waals surface area contributed by atoms with Gasteiger partial charge in [-0.2, -0.15) is 0 Å². The third kappa shape index (κ3) is 63.0. The van der Waals surface area contributed by atoms with Crippen molar-refractivity contribution in [3.05, 3.63) is 24.3 Å². The number of phosphoric acid groups is 1. The number of carbonyl (C=O) groups is 2. The van der Waals surface area contributed by atoms with Gasteiger partial charge in [-0.3, -0.25) is 14.2 Å². The van der Waals surface area contributed by atoms with Crippen LogP contribution in [-0.4, -0.2) is 69.4 Å². The lowest BCUT2D eigenvalue weighted by atomic mass is 10.0. The zero-order valence-corrected chi connectivity index (χ0v) is 56.6. The number of hydrogen-bond donors (Lipinski definition) is 1. The van der Waals surface area contributed by atoms with E-state index in [0.717, 1.165) is 57.8 Å². The average Bonchev–Trinajstić information content (AvgIpc) is 3.47. The maximum absolute atomic E-state index is 13.6. The summed E-state index contributed by atoms with van der Waals surface area (Å²) in [4.78, 5) is 40.2. The van der Waals surface area contributed by atoms with Crippen molar-refractivity contribution in [3.8, 4) is 0 Å². The molecule has 82 heavy (non-hydrogen) atoms. The summed E-state index contributed by atoms with van der Waals surface area (Å²) in [5.41, 5.74) is 0. The number of rotatable bonds is 67. The van der Waals surface area contributed by atoms with Gasteiger partial charge in [-0.05, 0) is 57.4 Å². The molecule has 0 rings (SSSR count). The normalized spacial score (nSPS) is 13.6. The van der Waals surface area contributed by atoms with Crippen LogP contribution in [0.4, 0.5) is 0 Å². The summed E-state index contributed by atoms with van der Waals surface area (Å²) in [5.74, 6) is -0.521. The molecule has 0 aromatic rings. The predicted octanol–water partition coefficient (Wildman–Crippen LogP) is 22.2. The van der Waals surface area contributed by atoms with E-state index in [0.29, 0.717) is 17.4 Å². The number of phosphoric ester groups is 1. The molecule has 1 amide bonds. The van der Waals surface area contributed by atoms with Gasteiger partial charge in [0.05, 0.1) is 33.8 Å². The molecule has 1 N–H and O–H groups in total. The topological polar surface area (TPSA) is 114 Å². The number of unbranched alkanes of at least 4 members (excludes halogenated alkanes) is 49. The van der Waals surface area contributed by atoms with E-state index in [1.165, 1.54) is 283 Å². The van der Waals surface area contributed by atoms with Crippen LogP contribution < -0.4 is 10.2 Å². The number of nitrogens with one attached hydrogen (secondary N) is 1. The Morgan fingerprint density at radius 3 is 1.04 bits per heavy atom. The molecule has 0 spiro atoms. The molecule has 486 valence electrons. The first kappa shape index (κ1) is 80.5. The second-order valence-electron chi connectivity index (χ2n) is 26.1. The summed E-state index contributed by atoms with van der Waals surface area (Å²) >= 11 is 0. The minimum Gasteiger partial charge on any atom is -0.756 e. The van der Waals surface area contributed by atoms with Crippen LogP contribution in [0, 0.1) is 0 Å². The Kier molecular flexibility index (Phi) is 61.4. The molecule has 0 heterocycles. The Morgan fingerprint density at radius 2 is 0.707 bits per heavy atom. The van der Waals surface area contributed by atoms with E-state index in [2.05, 4.69) is 38.2 Å². The summed E-state index contributed by atoms with van der Waals surface area (Å²) in [6.07, 6.45) is 75.9. The highest BCUT2D eigenvalue weighted by atomic mass is 31.2. The Hall–Kier alpha value is -1.51. The molecule has 9 nitrogen and oxygen atoms in total. The highest BCUT2D eigenvalue weighted by molar-refractivity contribution is 7.45. The Labute approximate surface area is 511 Å². The molecule has 0 aromatic carbocycles. The second-order valence-corrected chi connectivity index (χ2v) is 27.5. The monoisotopic (exact) mass is 1180 g/mol. The molecule has 0 aliphatic rings. The number of amides is 1. The fourth-order valence-electron chi connectivity index (χ4n) is 11.1. The van der Waals surface area contributed by atoms with Gasteiger partial charge in [0, 0.05) is 12.8 Å². The second kappa shape index (κ2) is 62.5. The van der Waals surface area contributed by atoms with E-state index in [9.17, 15) is 19.0 Å². The van der Waals surface area contributed by atoms with Gasteiger partial charge in [0.25, 0.3) is 7.82 Å². The molecule has 0 aliphatic carbocycles. The molecule has 0 saturated heterocycles. The minimum absolute atomic E-state index is 0.0188. The summed E-state index contributed by atoms with van der Waals surface area (Å²) in [5, 5.41) is 3.05. The lowest BCUT2D eigenvalue weighted by molar-refractivity contribution is -0.870. The standard InChI is InChI=1S/C72H141N2O7P/c1-7-10-13-16-19-22-25-28-30-32-34-35-36-37-38-39-41-43-45-47-50-53-56-59-62-65-72(76)81-70(63-60-57-54-51-48-27-24-21-18-15-12-9-3)69(68-80-82(77,78)79-67-66-74(4,5)6)73-71(75)64-61-58-55-52-49-46-44-42-40-33-31-29-26-23-20-17-14-11-8-2/h29,31,60,63,69-70H,7-28,30,32-59,61-62,64-68H2,1-6H3,(H-,73,75,77,78)/b31-29+,63-60-. The number of likely N-dealkylation sites (N-methyl/N-ethyl adjacent to an activating group) is 1. The van der Waals surface area contributed by atoms with Crippen molar-refractivity contribution in [1.29, 1.82) is 0 Å². The average molecular weight is 1180 g/mol. The van der Waals surface area contributed by atoms with Crippen LogP contribution >= 0.6 is 7.82 Å². The van der Waals surface area contributed by atoms with E-state index in [1.807, 2.05) is 33.3 Å². The van der Waals surface area contributed by atoms with Crippen LogP contribution in [0.15, 0.2) is 24.3 Å². The quantitative estimate of drug-likeness (QED) is 0.0212. The van der Waals surface area contributed by atoms with Gasteiger partial charge in [-0.15, -0.1) is 0 Å². The van der Waals surface area contributed by atoms with Crippen molar-refractivity contribution in [2.24, 2.45) is 0 Å². The first-order valence-corrected chi connectivity index (χ1v) is 37.6. The van der Waals surface area contributed by atoms with E-state index in [4.69, 9.17) is 13.8 Å². The highest BCUT2D eigenvalue weighted by Gasteiger charge is 2.27. The first-order chi connectivity index (χ1) is 39.9. The first-order valence-electron chi connectivity index (χ1n) is 36.1. The molecule has 0 aromatic heterocycles. The molecule has 0 saturated carbocycles. The summed E-state index contributed by atoms with van der Waals surface area (Å²) < 4.78 is 30.5. The van der Waals surface area contributed by atoms with Gasteiger partial charge in [-0.25, -0.2) is 0 Å². The number of carbonyl (C=O) groups excluding carboxylic acids is 2. The van der Waals surface area contributed by atoms with Crippen LogP contribution in [0.5, 0.6) is 0 Å². The number of hydrogen-bond acceptors (Lipinski definition) is 7. The zero-order valence-electron chi connectivity index (χ0n) is 55.7. The van der Waals surface area contributed by atoms with Crippen molar-refractivity contribution in [3.63, 3.8) is 0 Å². The smallest absolute Gasteiger partial charge is 0.306 e. The van der Waals surface area contributed by atoms with Crippen molar-refractivity contribution in [1.82, 2.24) is 5.32 Å².